The minimum absolute atomic E-state index is 0.0844. The molecule has 3 heterocycles. The van der Waals surface area contributed by atoms with Gasteiger partial charge in [0.05, 0.1) is 18.1 Å². The van der Waals surface area contributed by atoms with Crippen molar-refractivity contribution in [3.63, 3.8) is 0 Å². The van der Waals surface area contributed by atoms with Crippen LogP contribution >= 0.6 is 0 Å². The highest BCUT2D eigenvalue weighted by Crippen LogP contribution is 2.30. The zero-order valence-electron chi connectivity index (χ0n) is 18.0. The molecule has 0 spiro atoms. The molecule has 13 heteroatoms. The van der Waals surface area contributed by atoms with Gasteiger partial charge in [0.25, 0.3) is 0 Å². The molecule has 180 valence electrons. The average Bonchev–Trinajstić information content (AvgIpc) is 3.28. The van der Waals surface area contributed by atoms with Crippen LogP contribution in [0.4, 0.5) is 23.8 Å². The topological polar surface area (TPSA) is 110 Å². The Kier molecular flexibility index (Phi) is 6.30. The van der Waals surface area contributed by atoms with E-state index in [9.17, 15) is 26.4 Å². The summed E-state index contributed by atoms with van der Waals surface area (Å²) in [5.41, 5.74) is 1.66. The van der Waals surface area contributed by atoms with Crippen LogP contribution < -0.4 is 4.90 Å². The second-order valence-electron chi connectivity index (χ2n) is 7.75. The number of hydrogen-bond donors (Lipinski definition) is 0. The van der Waals surface area contributed by atoms with Gasteiger partial charge in [0, 0.05) is 24.3 Å². The first-order chi connectivity index (χ1) is 16.0. The Balaban J connectivity index is 1.56. The molecule has 1 aromatic carbocycles. The molecule has 0 bridgehead atoms. The smallest absolute Gasteiger partial charge is 0.413 e. The molecule has 0 atom stereocenters. The van der Waals surface area contributed by atoms with Crippen molar-refractivity contribution < 1.29 is 30.8 Å². The average molecular weight is 495 g/mol. The molecule has 2 amide bonds. The van der Waals surface area contributed by atoms with Gasteiger partial charge in [-0.1, -0.05) is 18.2 Å². The molecule has 1 aliphatic rings. The Bertz CT molecular complexity index is 1280. The van der Waals surface area contributed by atoms with Crippen molar-refractivity contribution in [3.05, 3.63) is 59.6 Å². The monoisotopic (exact) mass is 495 g/mol. The second-order valence-corrected chi connectivity index (χ2v) is 10.1. The second kappa shape index (κ2) is 9.05. The van der Waals surface area contributed by atoms with Gasteiger partial charge in [0.1, 0.15) is 5.82 Å². The van der Waals surface area contributed by atoms with Gasteiger partial charge in [-0.15, -0.1) is 10.2 Å². The fourth-order valence-corrected chi connectivity index (χ4v) is 4.59. The lowest BCUT2D eigenvalue weighted by Gasteiger charge is -2.32. The number of halogens is 3. The number of carbonyl (C=O) groups is 1. The normalized spacial score (nSPS) is 15.8. The maximum atomic E-state index is 13.3. The Morgan fingerprint density at radius 2 is 1.76 bits per heavy atom. The van der Waals surface area contributed by atoms with Crippen LogP contribution in [0, 0.1) is 6.92 Å². The number of hydrogen-bond acceptors (Lipinski definition) is 7. The third-order valence-electron chi connectivity index (χ3n) is 5.21. The van der Waals surface area contributed by atoms with Gasteiger partial charge in [-0.25, -0.2) is 18.2 Å². The molecule has 4 rings (SSSR count). The van der Waals surface area contributed by atoms with Crippen molar-refractivity contribution in [2.75, 3.05) is 29.5 Å². The molecule has 34 heavy (non-hydrogen) atoms. The van der Waals surface area contributed by atoms with E-state index in [1.165, 1.54) is 21.9 Å². The number of amides is 2. The van der Waals surface area contributed by atoms with Crippen LogP contribution in [0.3, 0.4) is 0 Å². The predicted octanol–water partition coefficient (Wildman–Crippen LogP) is 3.32. The number of pyridine rings is 1. The Labute approximate surface area is 193 Å². The van der Waals surface area contributed by atoms with E-state index in [1.54, 1.807) is 37.3 Å². The van der Waals surface area contributed by atoms with Gasteiger partial charge in [-0.2, -0.15) is 13.2 Å². The quantitative estimate of drug-likeness (QED) is 0.546. The number of alkyl halides is 3. The zero-order chi connectivity index (χ0) is 24.5. The Morgan fingerprint density at radius 1 is 1.09 bits per heavy atom. The minimum Gasteiger partial charge on any atom is -0.413 e. The van der Waals surface area contributed by atoms with Gasteiger partial charge < -0.3 is 9.32 Å². The van der Waals surface area contributed by atoms with Crippen LogP contribution in [0.1, 0.15) is 17.1 Å². The van der Waals surface area contributed by atoms with Gasteiger partial charge in [0.2, 0.25) is 5.89 Å². The van der Waals surface area contributed by atoms with Crippen LogP contribution in [-0.4, -0.2) is 59.1 Å². The molecule has 9 nitrogen and oxygen atoms in total. The molecule has 0 unspecified atom stereocenters. The standard InChI is InChI=1S/C21H20F3N5O4S/c1-14-3-2-4-17(25-14)29(20(30)28-9-11-34(31,32)12-10-28)13-15-5-7-16(8-6-15)18-26-27-19(33-18)21(22,23)24/h2-8H,9-13H2,1H3. The first-order valence-corrected chi connectivity index (χ1v) is 12.0. The summed E-state index contributed by atoms with van der Waals surface area (Å²) in [6.45, 7) is 2.06. The number of benzene rings is 1. The van der Waals surface area contributed by atoms with E-state index in [-0.39, 0.29) is 43.1 Å². The highest BCUT2D eigenvalue weighted by Gasteiger charge is 2.38. The number of anilines is 1. The zero-order valence-corrected chi connectivity index (χ0v) is 18.8. The predicted molar refractivity (Wildman–Crippen MR) is 116 cm³/mol. The van der Waals surface area contributed by atoms with Gasteiger partial charge in [-0.05, 0) is 36.8 Å². The lowest BCUT2D eigenvalue weighted by atomic mass is 10.1. The van der Waals surface area contributed by atoms with E-state index < -0.39 is 21.9 Å². The molecule has 2 aromatic heterocycles. The largest absolute Gasteiger partial charge is 0.470 e. The lowest BCUT2D eigenvalue weighted by Crippen LogP contribution is -2.50. The summed E-state index contributed by atoms with van der Waals surface area (Å²) in [7, 11) is -3.16. The number of nitrogens with zero attached hydrogens (tertiary/aromatic N) is 5. The summed E-state index contributed by atoms with van der Waals surface area (Å²) in [6, 6.07) is 11.1. The van der Waals surface area contributed by atoms with E-state index in [0.717, 1.165) is 0 Å². The number of aromatic nitrogens is 3. The van der Waals surface area contributed by atoms with Crippen LogP contribution in [0.15, 0.2) is 46.9 Å². The van der Waals surface area contributed by atoms with Crippen molar-refractivity contribution in [1.29, 1.82) is 0 Å². The van der Waals surface area contributed by atoms with Crippen molar-refractivity contribution in [2.45, 2.75) is 19.6 Å². The van der Waals surface area contributed by atoms with Crippen LogP contribution in [-0.2, 0) is 22.6 Å². The molecular weight excluding hydrogens is 475 g/mol. The highest BCUT2D eigenvalue weighted by atomic mass is 32.2. The number of carbonyl (C=O) groups excluding carboxylic acids is 1. The van der Waals surface area contributed by atoms with Crippen LogP contribution in [0.2, 0.25) is 0 Å². The summed E-state index contributed by atoms with van der Waals surface area (Å²) < 4.78 is 66.3. The minimum atomic E-state index is -4.74. The molecule has 0 saturated carbocycles. The van der Waals surface area contributed by atoms with Crippen molar-refractivity contribution in [1.82, 2.24) is 20.1 Å². The van der Waals surface area contributed by atoms with Crippen molar-refractivity contribution in [3.8, 4) is 11.5 Å². The summed E-state index contributed by atoms with van der Waals surface area (Å²) in [4.78, 5) is 20.6. The summed E-state index contributed by atoms with van der Waals surface area (Å²) in [6.07, 6.45) is -4.74. The number of urea groups is 1. The lowest BCUT2D eigenvalue weighted by molar-refractivity contribution is -0.156. The molecular formula is C21H20F3N5O4S. The molecule has 0 N–H and O–H groups in total. The molecule has 3 aromatic rings. The highest BCUT2D eigenvalue weighted by molar-refractivity contribution is 7.91. The fourth-order valence-electron chi connectivity index (χ4n) is 3.39. The number of rotatable bonds is 4. The third-order valence-corrected chi connectivity index (χ3v) is 6.81. The van der Waals surface area contributed by atoms with E-state index in [1.807, 2.05) is 0 Å². The SMILES string of the molecule is Cc1cccc(N(Cc2ccc(-c3nnc(C(F)(F)F)o3)cc2)C(=O)N2CCS(=O)(=O)CC2)n1. The number of sulfone groups is 1. The number of aryl methyl sites for hydroxylation is 1. The van der Waals surface area contributed by atoms with E-state index in [4.69, 9.17) is 4.42 Å². The maximum Gasteiger partial charge on any atom is 0.470 e. The molecule has 0 radical (unpaired) electrons. The van der Waals surface area contributed by atoms with E-state index in [2.05, 4.69) is 15.2 Å². The fraction of sp³-hybridized carbons (Fsp3) is 0.333. The van der Waals surface area contributed by atoms with E-state index >= 15 is 0 Å². The summed E-state index contributed by atoms with van der Waals surface area (Å²) >= 11 is 0. The van der Waals surface area contributed by atoms with Crippen LogP contribution in [0.5, 0.6) is 0 Å². The summed E-state index contributed by atoms with van der Waals surface area (Å²) in [5, 5.41) is 6.45. The van der Waals surface area contributed by atoms with Crippen LogP contribution in [0.25, 0.3) is 11.5 Å². The molecule has 1 fully saturated rings. The van der Waals surface area contributed by atoms with Crippen molar-refractivity contribution in [2.24, 2.45) is 0 Å². The molecule has 1 saturated heterocycles. The third kappa shape index (κ3) is 5.35. The Morgan fingerprint density at radius 3 is 2.35 bits per heavy atom. The van der Waals surface area contributed by atoms with Crippen molar-refractivity contribution >= 4 is 21.7 Å². The summed E-state index contributed by atoms with van der Waals surface area (Å²) in [5.74, 6) is -1.52. The van der Waals surface area contributed by atoms with E-state index in [0.29, 0.717) is 22.6 Å². The maximum absolute atomic E-state index is 13.3. The van der Waals surface area contributed by atoms with Gasteiger partial charge >= 0.3 is 18.1 Å². The molecule has 0 aliphatic carbocycles. The first-order valence-electron chi connectivity index (χ1n) is 10.2. The van der Waals surface area contributed by atoms with Gasteiger partial charge in [0.15, 0.2) is 9.84 Å². The molecule has 1 aliphatic heterocycles. The first kappa shape index (κ1) is 23.7. The van der Waals surface area contributed by atoms with Gasteiger partial charge in [-0.3, -0.25) is 4.90 Å². The Hall–Kier alpha value is -3.48.